The van der Waals surface area contributed by atoms with Crippen LogP contribution in [-0.4, -0.2) is 43.1 Å². The number of hydrazone groups is 1. The summed E-state index contributed by atoms with van der Waals surface area (Å²) in [6.07, 6.45) is 1.94. The second kappa shape index (κ2) is 12.8. The molecule has 0 aliphatic rings. The molecule has 0 fully saturated rings. The van der Waals surface area contributed by atoms with Gasteiger partial charge in [0, 0.05) is 12.6 Å². The van der Waals surface area contributed by atoms with Gasteiger partial charge in [-0.1, -0.05) is 30.3 Å². The van der Waals surface area contributed by atoms with Gasteiger partial charge in [0.25, 0.3) is 5.91 Å². The van der Waals surface area contributed by atoms with Crippen LogP contribution in [-0.2, 0) is 20.8 Å². The topological polar surface area (TPSA) is 109 Å². The summed E-state index contributed by atoms with van der Waals surface area (Å²) in [5.74, 6) is -0.489. The maximum Gasteiger partial charge on any atom is 0.257 e. The van der Waals surface area contributed by atoms with Gasteiger partial charge in [-0.25, -0.2) is 5.43 Å². The van der Waals surface area contributed by atoms with Crippen molar-refractivity contribution in [2.75, 3.05) is 13.2 Å². The van der Waals surface area contributed by atoms with Gasteiger partial charge in [0.05, 0.1) is 6.21 Å². The second-order valence-electron chi connectivity index (χ2n) is 7.14. The van der Waals surface area contributed by atoms with Crippen LogP contribution in [0.4, 0.5) is 0 Å². The van der Waals surface area contributed by atoms with E-state index in [0.717, 1.165) is 17.5 Å². The maximum absolute atomic E-state index is 11.9. The van der Waals surface area contributed by atoms with Crippen molar-refractivity contribution in [2.45, 2.75) is 32.7 Å². The van der Waals surface area contributed by atoms with Crippen molar-refractivity contribution in [3.63, 3.8) is 0 Å². The summed E-state index contributed by atoms with van der Waals surface area (Å²) < 4.78 is 5.47. The number of hydrogen-bond acceptors (Lipinski definition) is 5. The third-order valence-electron chi connectivity index (χ3n) is 4.00. The highest BCUT2D eigenvalue weighted by Gasteiger charge is 2.09. The van der Waals surface area contributed by atoms with Crippen LogP contribution >= 0.6 is 0 Å². The monoisotopic (exact) mass is 424 g/mol. The van der Waals surface area contributed by atoms with Crippen molar-refractivity contribution in [3.05, 3.63) is 65.7 Å². The summed E-state index contributed by atoms with van der Waals surface area (Å²) in [6.45, 7) is 4.11. The van der Waals surface area contributed by atoms with E-state index in [1.165, 1.54) is 6.21 Å². The van der Waals surface area contributed by atoms with Crippen LogP contribution in [0.1, 0.15) is 31.4 Å². The fourth-order valence-electron chi connectivity index (χ4n) is 2.58. The zero-order valence-corrected chi connectivity index (χ0v) is 17.8. The molecule has 164 valence electrons. The molecule has 0 aromatic heterocycles. The van der Waals surface area contributed by atoms with Crippen molar-refractivity contribution in [3.8, 4) is 5.75 Å². The van der Waals surface area contributed by atoms with Gasteiger partial charge in [0.15, 0.2) is 6.61 Å². The lowest BCUT2D eigenvalue weighted by molar-refractivity contribution is -0.129. The molecule has 3 N–H and O–H groups in total. The van der Waals surface area contributed by atoms with Crippen molar-refractivity contribution in [1.82, 2.24) is 16.1 Å². The summed E-state index contributed by atoms with van der Waals surface area (Å²) in [6, 6.07) is 16.8. The lowest BCUT2D eigenvalue weighted by atomic mass is 10.1. The van der Waals surface area contributed by atoms with Crippen LogP contribution in [0.25, 0.3) is 0 Å². The van der Waals surface area contributed by atoms with E-state index in [2.05, 4.69) is 21.2 Å². The fourth-order valence-corrected chi connectivity index (χ4v) is 2.58. The third kappa shape index (κ3) is 10.1. The number of benzene rings is 2. The first-order valence-electron chi connectivity index (χ1n) is 10.1. The van der Waals surface area contributed by atoms with Crippen molar-refractivity contribution in [1.29, 1.82) is 0 Å². The Kier molecular flexibility index (Phi) is 9.74. The third-order valence-corrected chi connectivity index (χ3v) is 4.00. The molecule has 3 amide bonds. The van der Waals surface area contributed by atoms with E-state index < -0.39 is 5.91 Å². The number of nitrogens with zero attached hydrogens (tertiary/aromatic N) is 1. The molecular weight excluding hydrogens is 396 g/mol. The molecule has 2 rings (SSSR count). The van der Waals surface area contributed by atoms with E-state index >= 15 is 0 Å². The Labute approximate surface area is 182 Å². The first-order valence-corrected chi connectivity index (χ1v) is 10.1. The van der Waals surface area contributed by atoms with Crippen LogP contribution in [0.15, 0.2) is 59.7 Å². The SMILES string of the molecule is CC(C)NC(=O)CC(=O)N/N=C/c1ccc(OCC(=O)NCCc2ccccc2)cc1. The number of carbonyl (C=O) groups is 3. The Morgan fingerprint density at radius 2 is 1.68 bits per heavy atom. The molecule has 0 unspecified atom stereocenters. The lowest BCUT2D eigenvalue weighted by Crippen LogP contribution is -2.34. The Morgan fingerprint density at radius 3 is 2.35 bits per heavy atom. The Hall–Kier alpha value is -3.68. The molecule has 0 atom stereocenters. The van der Waals surface area contributed by atoms with Gasteiger partial charge in [0.2, 0.25) is 11.8 Å². The van der Waals surface area contributed by atoms with Gasteiger partial charge in [-0.05, 0) is 55.7 Å². The van der Waals surface area contributed by atoms with Gasteiger partial charge in [0.1, 0.15) is 12.2 Å². The van der Waals surface area contributed by atoms with Gasteiger partial charge in [-0.15, -0.1) is 0 Å². The zero-order valence-electron chi connectivity index (χ0n) is 17.8. The molecule has 0 saturated carbocycles. The molecule has 2 aromatic rings. The lowest BCUT2D eigenvalue weighted by Gasteiger charge is -2.08. The molecule has 0 bridgehead atoms. The van der Waals surface area contributed by atoms with Crippen LogP contribution in [0.3, 0.4) is 0 Å². The number of carbonyl (C=O) groups excluding carboxylic acids is 3. The number of nitrogens with one attached hydrogen (secondary N) is 3. The van der Waals surface area contributed by atoms with E-state index in [1.807, 2.05) is 44.2 Å². The Morgan fingerprint density at radius 1 is 0.968 bits per heavy atom. The summed E-state index contributed by atoms with van der Waals surface area (Å²) in [5.41, 5.74) is 4.20. The number of ether oxygens (including phenoxy) is 1. The van der Waals surface area contributed by atoms with Gasteiger partial charge in [-0.2, -0.15) is 5.10 Å². The Balaban J connectivity index is 1.66. The van der Waals surface area contributed by atoms with Crippen molar-refractivity contribution in [2.24, 2.45) is 5.10 Å². The smallest absolute Gasteiger partial charge is 0.257 e. The molecule has 31 heavy (non-hydrogen) atoms. The zero-order chi connectivity index (χ0) is 22.5. The summed E-state index contributed by atoms with van der Waals surface area (Å²) in [4.78, 5) is 35.0. The van der Waals surface area contributed by atoms with Crippen LogP contribution < -0.4 is 20.8 Å². The minimum atomic E-state index is -0.493. The molecule has 2 aromatic carbocycles. The molecular formula is C23H28N4O4. The average molecular weight is 425 g/mol. The van der Waals surface area contributed by atoms with E-state index in [4.69, 9.17) is 4.74 Å². The second-order valence-corrected chi connectivity index (χ2v) is 7.14. The normalized spacial score (nSPS) is 10.7. The molecule has 0 spiro atoms. The van der Waals surface area contributed by atoms with Crippen LogP contribution in [0.5, 0.6) is 5.75 Å². The highest BCUT2D eigenvalue weighted by molar-refractivity contribution is 5.97. The minimum Gasteiger partial charge on any atom is -0.484 e. The van der Waals surface area contributed by atoms with E-state index in [-0.39, 0.29) is 30.9 Å². The summed E-state index contributed by atoms with van der Waals surface area (Å²) >= 11 is 0. The van der Waals surface area contributed by atoms with Crippen LogP contribution in [0.2, 0.25) is 0 Å². The van der Waals surface area contributed by atoms with Gasteiger partial charge >= 0.3 is 0 Å². The van der Waals surface area contributed by atoms with Crippen LogP contribution in [0, 0.1) is 0 Å². The number of hydrogen-bond donors (Lipinski definition) is 3. The Bertz CT molecular complexity index is 880. The van der Waals surface area contributed by atoms with E-state index in [9.17, 15) is 14.4 Å². The summed E-state index contributed by atoms with van der Waals surface area (Å²) in [5, 5.41) is 9.28. The minimum absolute atomic E-state index is 0.0232. The molecule has 0 saturated heterocycles. The predicted molar refractivity (Wildman–Crippen MR) is 119 cm³/mol. The first-order chi connectivity index (χ1) is 14.9. The number of rotatable bonds is 11. The quantitative estimate of drug-likeness (QED) is 0.290. The predicted octanol–water partition coefficient (Wildman–Crippen LogP) is 1.79. The molecule has 8 heteroatoms. The van der Waals surface area contributed by atoms with Gasteiger partial charge < -0.3 is 15.4 Å². The fraction of sp³-hybridized carbons (Fsp3) is 0.304. The van der Waals surface area contributed by atoms with Crippen molar-refractivity contribution >= 4 is 23.9 Å². The highest BCUT2D eigenvalue weighted by Crippen LogP contribution is 2.10. The molecule has 0 aliphatic heterocycles. The maximum atomic E-state index is 11.9. The summed E-state index contributed by atoms with van der Waals surface area (Å²) in [7, 11) is 0. The van der Waals surface area contributed by atoms with Gasteiger partial charge in [-0.3, -0.25) is 14.4 Å². The molecule has 0 aliphatic carbocycles. The van der Waals surface area contributed by atoms with E-state index in [1.54, 1.807) is 24.3 Å². The number of amides is 3. The van der Waals surface area contributed by atoms with E-state index in [0.29, 0.717) is 12.3 Å². The van der Waals surface area contributed by atoms with Crippen molar-refractivity contribution < 1.29 is 19.1 Å². The molecule has 0 radical (unpaired) electrons. The largest absolute Gasteiger partial charge is 0.484 e. The molecule has 8 nitrogen and oxygen atoms in total. The first kappa shape index (κ1) is 23.6. The standard InChI is InChI=1S/C23H28N4O4/c1-17(2)26-21(28)14-22(29)27-25-15-19-8-10-20(11-9-19)31-16-23(30)24-13-12-18-6-4-3-5-7-18/h3-11,15,17H,12-14,16H2,1-2H3,(H,24,30)(H,26,28)(H,27,29)/b25-15+. The average Bonchev–Trinajstić information content (AvgIpc) is 2.73. The molecule has 0 heterocycles. The highest BCUT2D eigenvalue weighted by atomic mass is 16.5.